The molecule has 13 heavy (non-hydrogen) atoms. The summed E-state index contributed by atoms with van der Waals surface area (Å²) in [5, 5.41) is 3.44. The van der Waals surface area contributed by atoms with E-state index in [4.69, 9.17) is 0 Å². The molecule has 0 atom stereocenters. The second kappa shape index (κ2) is 3.67. The lowest BCUT2D eigenvalue weighted by Crippen LogP contribution is -2.26. The van der Waals surface area contributed by atoms with Crippen LogP contribution in [0.4, 0.5) is 0 Å². The van der Waals surface area contributed by atoms with E-state index in [-0.39, 0.29) is 0 Å². The van der Waals surface area contributed by atoms with Crippen LogP contribution >= 0.6 is 0 Å². The van der Waals surface area contributed by atoms with Crippen LogP contribution in [0.1, 0.15) is 33.1 Å². The standard InChI is InChI=1S/C12H19N/c1-9(2)10-3-4-12-8-13-6-5-11(12)7-10/h7,9,13H,3-6,8H2,1-2H3. The molecule has 0 spiro atoms. The van der Waals surface area contributed by atoms with Crippen molar-refractivity contribution in [3.8, 4) is 0 Å². The van der Waals surface area contributed by atoms with Crippen LogP contribution in [0.25, 0.3) is 0 Å². The lowest BCUT2D eigenvalue weighted by Gasteiger charge is -2.26. The molecule has 1 heteroatoms. The smallest absolute Gasteiger partial charge is 0.0170 e. The summed E-state index contributed by atoms with van der Waals surface area (Å²) in [6.45, 7) is 6.91. The zero-order valence-electron chi connectivity index (χ0n) is 8.69. The molecule has 1 aliphatic carbocycles. The van der Waals surface area contributed by atoms with Gasteiger partial charge in [0, 0.05) is 6.54 Å². The minimum absolute atomic E-state index is 0.740. The maximum atomic E-state index is 3.44. The highest BCUT2D eigenvalue weighted by Gasteiger charge is 2.17. The van der Waals surface area contributed by atoms with Crippen LogP contribution in [0.3, 0.4) is 0 Å². The predicted octanol–water partition coefficient (Wildman–Crippen LogP) is 2.65. The van der Waals surface area contributed by atoms with Crippen LogP contribution in [0.15, 0.2) is 22.8 Å². The Labute approximate surface area is 80.9 Å². The Kier molecular flexibility index (Phi) is 2.54. The van der Waals surface area contributed by atoms with Crippen molar-refractivity contribution in [1.82, 2.24) is 5.32 Å². The largest absolute Gasteiger partial charge is 0.313 e. The molecular formula is C12H19N. The van der Waals surface area contributed by atoms with Gasteiger partial charge in [0.15, 0.2) is 0 Å². The van der Waals surface area contributed by atoms with Gasteiger partial charge < -0.3 is 5.32 Å². The molecule has 2 rings (SSSR count). The number of nitrogens with one attached hydrogen (secondary N) is 1. The molecule has 0 fully saturated rings. The average molecular weight is 177 g/mol. The third-order valence-corrected chi connectivity index (χ3v) is 3.18. The van der Waals surface area contributed by atoms with Gasteiger partial charge in [-0.2, -0.15) is 0 Å². The molecule has 1 aliphatic heterocycles. The van der Waals surface area contributed by atoms with Crippen molar-refractivity contribution in [3.63, 3.8) is 0 Å². The van der Waals surface area contributed by atoms with Crippen molar-refractivity contribution in [2.45, 2.75) is 33.1 Å². The van der Waals surface area contributed by atoms with Gasteiger partial charge in [0.1, 0.15) is 0 Å². The molecule has 0 aromatic heterocycles. The number of allylic oxidation sites excluding steroid dienone is 2. The summed E-state index contributed by atoms with van der Waals surface area (Å²) in [6, 6.07) is 0. The fourth-order valence-electron chi connectivity index (χ4n) is 2.22. The molecule has 0 unspecified atom stereocenters. The van der Waals surface area contributed by atoms with E-state index >= 15 is 0 Å². The van der Waals surface area contributed by atoms with E-state index in [0.29, 0.717) is 0 Å². The summed E-state index contributed by atoms with van der Waals surface area (Å²) in [6.07, 6.45) is 6.29. The van der Waals surface area contributed by atoms with Gasteiger partial charge >= 0.3 is 0 Å². The van der Waals surface area contributed by atoms with E-state index < -0.39 is 0 Å². The number of hydrogen-bond acceptors (Lipinski definition) is 1. The van der Waals surface area contributed by atoms with Crippen molar-refractivity contribution >= 4 is 0 Å². The highest BCUT2D eigenvalue weighted by atomic mass is 14.9. The number of hydrogen-bond donors (Lipinski definition) is 1. The van der Waals surface area contributed by atoms with Gasteiger partial charge in [0.2, 0.25) is 0 Å². The summed E-state index contributed by atoms with van der Waals surface area (Å²) < 4.78 is 0. The summed E-state index contributed by atoms with van der Waals surface area (Å²) in [4.78, 5) is 0. The zero-order valence-corrected chi connectivity index (χ0v) is 8.69. The molecule has 2 aliphatic rings. The normalized spacial score (nSPS) is 23.2. The molecule has 0 radical (unpaired) electrons. The SMILES string of the molecule is CC(C)C1=CC2=C(CC1)CNCC2. The Morgan fingerprint density at radius 3 is 2.85 bits per heavy atom. The minimum Gasteiger partial charge on any atom is -0.313 e. The molecule has 0 amide bonds. The molecule has 0 aromatic carbocycles. The first-order valence-corrected chi connectivity index (χ1v) is 5.39. The molecule has 72 valence electrons. The minimum atomic E-state index is 0.740. The summed E-state index contributed by atoms with van der Waals surface area (Å²) in [5.74, 6) is 0.740. The molecule has 0 saturated carbocycles. The summed E-state index contributed by atoms with van der Waals surface area (Å²) >= 11 is 0. The third kappa shape index (κ3) is 1.86. The van der Waals surface area contributed by atoms with Crippen LogP contribution in [-0.2, 0) is 0 Å². The maximum absolute atomic E-state index is 3.44. The van der Waals surface area contributed by atoms with Gasteiger partial charge in [-0.25, -0.2) is 0 Å². The van der Waals surface area contributed by atoms with Crippen LogP contribution in [0.2, 0.25) is 0 Å². The van der Waals surface area contributed by atoms with Crippen molar-refractivity contribution < 1.29 is 0 Å². The lowest BCUT2D eigenvalue weighted by molar-refractivity contribution is 0.623. The molecule has 0 bridgehead atoms. The number of rotatable bonds is 1. The first-order valence-electron chi connectivity index (χ1n) is 5.39. The highest BCUT2D eigenvalue weighted by Crippen LogP contribution is 2.30. The van der Waals surface area contributed by atoms with Gasteiger partial charge in [0.25, 0.3) is 0 Å². The Morgan fingerprint density at radius 1 is 1.23 bits per heavy atom. The van der Waals surface area contributed by atoms with Gasteiger partial charge in [-0.1, -0.05) is 31.1 Å². The lowest BCUT2D eigenvalue weighted by atomic mass is 9.85. The second-order valence-electron chi connectivity index (χ2n) is 4.43. The van der Waals surface area contributed by atoms with E-state index in [9.17, 15) is 0 Å². The van der Waals surface area contributed by atoms with Gasteiger partial charge in [-0.15, -0.1) is 0 Å². The Hall–Kier alpha value is -0.560. The van der Waals surface area contributed by atoms with Crippen molar-refractivity contribution in [2.75, 3.05) is 13.1 Å². The van der Waals surface area contributed by atoms with Crippen LogP contribution in [-0.4, -0.2) is 13.1 Å². The average Bonchev–Trinajstić information content (AvgIpc) is 2.17. The van der Waals surface area contributed by atoms with Gasteiger partial charge in [0.05, 0.1) is 0 Å². The molecule has 0 saturated heterocycles. The van der Waals surface area contributed by atoms with Crippen molar-refractivity contribution in [3.05, 3.63) is 22.8 Å². The molecule has 1 heterocycles. The summed E-state index contributed by atoms with van der Waals surface area (Å²) in [7, 11) is 0. The predicted molar refractivity (Wildman–Crippen MR) is 56.7 cm³/mol. The monoisotopic (exact) mass is 177 g/mol. The molecule has 1 nitrogen and oxygen atoms in total. The first-order chi connectivity index (χ1) is 6.27. The summed E-state index contributed by atoms with van der Waals surface area (Å²) in [5.41, 5.74) is 4.95. The van der Waals surface area contributed by atoms with Crippen LogP contribution < -0.4 is 5.32 Å². The fraction of sp³-hybridized carbons (Fsp3) is 0.667. The first kappa shape index (κ1) is 9.01. The van der Waals surface area contributed by atoms with Gasteiger partial charge in [-0.3, -0.25) is 0 Å². The molecule has 1 N–H and O–H groups in total. The van der Waals surface area contributed by atoms with Crippen LogP contribution in [0.5, 0.6) is 0 Å². The quantitative estimate of drug-likeness (QED) is 0.649. The topological polar surface area (TPSA) is 12.0 Å². The van der Waals surface area contributed by atoms with E-state index in [1.165, 1.54) is 25.8 Å². The van der Waals surface area contributed by atoms with E-state index in [1.54, 1.807) is 16.7 Å². The fourth-order valence-corrected chi connectivity index (χ4v) is 2.22. The van der Waals surface area contributed by atoms with Crippen molar-refractivity contribution in [2.24, 2.45) is 5.92 Å². The zero-order chi connectivity index (χ0) is 9.26. The van der Waals surface area contributed by atoms with E-state index in [0.717, 1.165) is 12.5 Å². The Morgan fingerprint density at radius 2 is 2.08 bits per heavy atom. The van der Waals surface area contributed by atoms with E-state index in [1.807, 2.05) is 0 Å². The van der Waals surface area contributed by atoms with Crippen molar-refractivity contribution in [1.29, 1.82) is 0 Å². The Bertz CT molecular complexity index is 258. The van der Waals surface area contributed by atoms with Gasteiger partial charge in [-0.05, 0) is 37.3 Å². The third-order valence-electron chi connectivity index (χ3n) is 3.18. The maximum Gasteiger partial charge on any atom is 0.0170 e. The van der Waals surface area contributed by atoms with E-state index in [2.05, 4.69) is 25.2 Å². The second-order valence-corrected chi connectivity index (χ2v) is 4.43. The highest BCUT2D eigenvalue weighted by molar-refractivity contribution is 5.36. The molecular weight excluding hydrogens is 158 g/mol. The van der Waals surface area contributed by atoms with Crippen LogP contribution in [0, 0.1) is 5.92 Å². The molecule has 0 aromatic rings. The Balaban J connectivity index is 2.20.